The summed E-state index contributed by atoms with van der Waals surface area (Å²) in [6, 6.07) is 24.3. The van der Waals surface area contributed by atoms with Crippen LogP contribution in [0.4, 0.5) is 5.69 Å². The highest BCUT2D eigenvalue weighted by molar-refractivity contribution is 7.89. The van der Waals surface area contributed by atoms with Crippen LogP contribution in [0.3, 0.4) is 0 Å². The average molecular weight is 495 g/mol. The van der Waals surface area contributed by atoms with Crippen molar-refractivity contribution in [3.05, 3.63) is 90.5 Å². The van der Waals surface area contributed by atoms with Crippen molar-refractivity contribution < 1.29 is 27.5 Å². The maximum absolute atomic E-state index is 13.5. The van der Waals surface area contributed by atoms with Crippen molar-refractivity contribution in [3.63, 3.8) is 0 Å². The smallest absolute Gasteiger partial charge is 0.348 e. The van der Waals surface area contributed by atoms with E-state index in [0.717, 1.165) is 5.56 Å². The van der Waals surface area contributed by atoms with Crippen LogP contribution in [0.15, 0.2) is 89.8 Å². The van der Waals surface area contributed by atoms with Gasteiger partial charge >= 0.3 is 5.97 Å². The van der Waals surface area contributed by atoms with E-state index in [0.29, 0.717) is 17.9 Å². The van der Waals surface area contributed by atoms with Crippen molar-refractivity contribution in [3.8, 4) is 5.75 Å². The third-order valence-electron chi connectivity index (χ3n) is 5.72. The van der Waals surface area contributed by atoms with Crippen LogP contribution in [0.5, 0.6) is 5.75 Å². The van der Waals surface area contributed by atoms with Crippen LogP contribution in [-0.4, -0.2) is 57.4 Å². The number of carbonyl (C=O) groups is 2. The van der Waals surface area contributed by atoms with Gasteiger partial charge in [-0.15, -0.1) is 0 Å². The molecule has 0 saturated heterocycles. The Morgan fingerprint density at radius 1 is 0.971 bits per heavy atom. The molecule has 0 aliphatic carbocycles. The summed E-state index contributed by atoms with van der Waals surface area (Å²) < 4.78 is 38.7. The summed E-state index contributed by atoms with van der Waals surface area (Å²) in [6.45, 7) is -0.369. The van der Waals surface area contributed by atoms with Crippen molar-refractivity contribution in [1.82, 2.24) is 4.31 Å². The second-order valence-electron chi connectivity index (χ2n) is 7.99. The Balaban J connectivity index is 1.63. The predicted molar refractivity (Wildman–Crippen MR) is 131 cm³/mol. The molecule has 1 heterocycles. The number of amides is 1. The number of fused-ring (bicyclic) bond motifs is 1. The minimum absolute atomic E-state index is 0.0829. The van der Waals surface area contributed by atoms with Crippen molar-refractivity contribution >= 4 is 27.6 Å². The molecule has 8 nitrogen and oxygen atoms in total. The number of benzene rings is 3. The van der Waals surface area contributed by atoms with Gasteiger partial charge in [-0.25, -0.2) is 13.2 Å². The van der Waals surface area contributed by atoms with Gasteiger partial charge in [-0.1, -0.05) is 60.7 Å². The van der Waals surface area contributed by atoms with Crippen LogP contribution < -0.4 is 9.64 Å². The molecule has 0 radical (unpaired) electrons. The normalized spacial score (nSPS) is 15.3. The summed E-state index contributed by atoms with van der Waals surface area (Å²) in [6.07, 6.45) is -0.577. The molecule has 35 heavy (non-hydrogen) atoms. The summed E-state index contributed by atoms with van der Waals surface area (Å²) in [7, 11) is -2.71. The van der Waals surface area contributed by atoms with E-state index in [2.05, 4.69) is 0 Å². The molecule has 3 aromatic carbocycles. The molecule has 0 saturated carbocycles. The molecule has 4 rings (SSSR count). The van der Waals surface area contributed by atoms with Gasteiger partial charge in [-0.05, 0) is 36.2 Å². The lowest BCUT2D eigenvalue weighted by Gasteiger charge is -2.34. The maximum Gasteiger partial charge on any atom is 0.348 e. The molecular weight excluding hydrogens is 468 g/mol. The van der Waals surface area contributed by atoms with E-state index in [1.807, 2.05) is 30.3 Å². The van der Waals surface area contributed by atoms with Gasteiger partial charge < -0.3 is 14.4 Å². The number of esters is 1. The summed E-state index contributed by atoms with van der Waals surface area (Å²) in [5.74, 6) is -0.735. The lowest BCUT2D eigenvalue weighted by Crippen LogP contribution is -2.51. The highest BCUT2D eigenvalue weighted by Crippen LogP contribution is 2.33. The van der Waals surface area contributed by atoms with Crippen LogP contribution in [0.25, 0.3) is 0 Å². The third-order valence-corrected chi connectivity index (χ3v) is 7.58. The van der Waals surface area contributed by atoms with E-state index in [-0.39, 0.29) is 18.0 Å². The fourth-order valence-electron chi connectivity index (χ4n) is 3.89. The molecule has 9 heteroatoms. The maximum atomic E-state index is 13.5. The highest BCUT2D eigenvalue weighted by atomic mass is 32.2. The van der Waals surface area contributed by atoms with Gasteiger partial charge in [0.2, 0.25) is 22.0 Å². The number of nitrogens with zero attached hydrogens (tertiary/aromatic N) is 2. The summed E-state index contributed by atoms with van der Waals surface area (Å²) in [5.41, 5.74) is 1.42. The van der Waals surface area contributed by atoms with E-state index in [1.165, 1.54) is 28.4 Å². The molecule has 1 aliphatic heterocycles. The van der Waals surface area contributed by atoms with Gasteiger partial charge in [0.05, 0.1) is 30.8 Å². The fourth-order valence-corrected chi connectivity index (χ4v) is 5.30. The molecular formula is C26H26N2O6S. The van der Waals surface area contributed by atoms with Crippen molar-refractivity contribution in [2.45, 2.75) is 17.4 Å². The van der Waals surface area contributed by atoms with Gasteiger partial charge in [0.15, 0.2) is 0 Å². The Kier molecular flexibility index (Phi) is 7.48. The quantitative estimate of drug-likeness (QED) is 0.447. The van der Waals surface area contributed by atoms with Crippen LogP contribution in [0.2, 0.25) is 0 Å². The number of rotatable bonds is 8. The third kappa shape index (κ3) is 5.52. The summed E-state index contributed by atoms with van der Waals surface area (Å²) in [4.78, 5) is 27.2. The van der Waals surface area contributed by atoms with Gasteiger partial charge in [0.25, 0.3) is 0 Å². The molecule has 0 bridgehead atoms. The first kappa shape index (κ1) is 24.4. The van der Waals surface area contributed by atoms with Crippen LogP contribution >= 0.6 is 0 Å². The molecule has 0 unspecified atom stereocenters. The fraction of sp³-hybridized carbons (Fsp3) is 0.231. The van der Waals surface area contributed by atoms with Crippen LogP contribution in [0.1, 0.15) is 5.56 Å². The number of anilines is 1. The van der Waals surface area contributed by atoms with E-state index in [1.54, 1.807) is 42.5 Å². The SMILES string of the molecule is COC(=O)[C@H]1CN(C(=O)CN(CCc2ccccc2)S(=O)(=O)c2ccccc2)c2ccccc2O1. The highest BCUT2D eigenvalue weighted by Gasteiger charge is 2.36. The number of hydrogen-bond donors (Lipinski definition) is 0. The Morgan fingerprint density at radius 2 is 1.60 bits per heavy atom. The zero-order chi connectivity index (χ0) is 24.8. The Labute approximate surface area is 204 Å². The van der Waals surface area contributed by atoms with Crippen LogP contribution in [0, 0.1) is 0 Å². The van der Waals surface area contributed by atoms with E-state index in [9.17, 15) is 18.0 Å². The lowest BCUT2D eigenvalue weighted by molar-refractivity contribution is -0.148. The van der Waals surface area contributed by atoms with Crippen molar-refractivity contribution in [2.75, 3.05) is 31.6 Å². The van der Waals surface area contributed by atoms with E-state index < -0.39 is 34.5 Å². The standard InChI is InChI=1S/C26H26N2O6S/c1-33-26(30)24-18-28(22-14-8-9-15-23(22)34-24)25(29)19-27(17-16-20-10-4-2-5-11-20)35(31,32)21-12-6-3-7-13-21/h2-15,24H,16-19H2,1H3/t24-/m1/s1. The van der Waals surface area contributed by atoms with Gasteiger partial charge in [0, 0.05) is 6.54 Å². The number of ether oxygens (including phenoxy) is 2. The molecule has 0 spiro atoms. The second kappa shape index (κ2) is 10.7. The Hall–Kier alpha value is -3.69. The topological polar surface area (TPSA) is 93.2 Å². The van der Waals surface area contributed by atoms with Gasteiger partial charge in [-0.2, -0.15) is 4.31 Å². The molecule has 0 fully saturated rings. The largest absolute Gasteiger partial charge is 0.475 e. The summed E-state index contributed by atoms with van der Waals surface area (Å²) in [5, 5.41) is 0. The monoisotopic (exact) mass is 494 g/mol. The van der Waals surface area contributed by atoms with Crippen molar-refractivity contribution in [2.24, 2.45) is 0 Å². The molecule has 1 atom stereocenters. The molecule has 182 valence electrons. The van der Waals surface area contributed by atoms with Gasteiger partial charge in [0.1, 0.15) is 5.75 Å². The zero-order valence-corrected chi connectivity index (χ0v) is 20.1. The zero-order valence-electron chi connectivity index (χ0n) is 19.2. The predicted octanol–water partition coefficient (Wildman–Crippen LogP) is 2.89. The Morgan fingerprint density at radius 3 is 2.29 bits per heavy atom. The first-order valence-electron chi connectivity index (χ1n) is 11.1. The number of carbonyl (C=O) groups excluding carboxylic acids is 2. The molecule has 1 aliphatic rings. The second-order valence-corrected chi connectivity index (χ2v) is 9.93. The molecule has 0 aromatic heterocycles. The minimum atomic E-state index is -3.95. The van der Waals surface area contributed by atoms with Crippen LogP contribution in [-0.2, 0) is 30.8 Å². The van der Waals surface area contributed by atoms with Crippen molar-refractivity contribution in [1.29, 1.82) is 0 Å². The summed E-state index contributed by atoms with van der Waals surface area (Å²) >= 11 is 0. The minimum Gasteiger partial charge on any atom is -0.475 e. The van der Waals surface area contributed by atoms with Gasteiger partial charge in [-0.3, -0.25) is 4.79 Å². The average Bonchev–Trinajstić information content (AvgIpc) is 2.90. The van der Waals surface area contributed by atoms with E-state index >= 15 is 0 Å². The number of para-hydroxylation sites is 2. The lowest BCUT2D eigenvalue weighted by atomic mass is 10.1. The molecule has 3 aromatic rings. The first-order valence-corrected chi connectivity index (χ1v) is 12.6. The Bertz CT molecular complexity index is 1280. The first-order chi connectivity index (χ1) is 16.9. The number of hydrogen-bond acceptors (Lipinski definition) is 6. The molecule has 0 N–H and O–H groups in total. The number of methoxy groups -OCH3 is 1. The van der Waals surface area contributed by atoms with E-state index in [4.69, 9.17) is 9.47 Å². The molecule has 1 amide bonds. The number of sulfonamides is 1.